The van der Waals surface area contributed by atoms with E-state index in [1.807, 2.05) is 19.1 Å². The van der Waals surface area contributed by atoms with Crippen molar-refractivity contribution in [1.29, 1.82) is 0 Å². The first-order valence-electron chi connectivity index (χ1n) is 6.82. The summed E-state index contributed by atoms with van der Waals surface area (Å²) in [4.78, 5) is 22.2. The lowest BCUT2D eigenvalue weighted by atomic mass is 10.0. The molecular weight excluding hydrogens is 282 g/mol. The molecule has 2 rings (SSSR count). The number of aryl methyl sites for hydroxylation is 1. The maximum Gasteiger partial charge on any atom is 0.335 e. The highest BCUT2D eigenvalue weighted by atomic mass is 16.4. The normalized spacial score (nSPS) is 11.9. The number of aromatic carboxylic acids is 1. The second kappa shape index (κ2) is 6.87. The van der Waals surface area contributed by atoms with Crippen LogP contribution in [0.3, 0.4) is 0 Å². The van der Waals surface area contributed by atoms with Crippen LogP contribution in [0.15, 0.2) is 48.5 Å². The van der Waals surface area contributed by atoms with Crippen LogP contribution in [0.25, 0.3) is 0 Å². The Hall–Kier alpha value is -2.66. The summed E-state index contributed by atoms with van der Waals surface area (Å²) in [5, 5.41) is 21.2. The number of carboxylic acid groups (broad SMARTS) is 2. The Morgan fingerprint density at radius 2 is 1.59 bits per heavy atom. The molecule has 0 amide bonds. The van der Waals surface area contributed by atoms with Gasteiger partial charge in [0.1, 0.15) is 6.04 Å². The molecule has 0 aliphatic rings. The van der Waals surface area contributed by atoms with Gasteiger partial charge in [0.15, 0.2) is 0 Å². The maximum absolute atomic E-state index is 11.4. The fraction of sp³-hybridized carbons (Fsp3) is 0.176. The van der Waals surface area contributed by atoms with Crippen molar-refractivity contribution in [2.24, 2.45) is 0 Å². The van der Waals surface area contributed by atoms with Crippen molar-refractivity contribution in [2.75, 3.05) is 0 Å². The fourth-order valence-corrected chi connectivity index (χ4v) is 2.09. The van der Waals surface area contributed by atoms with E-state index >= 15 is 0 Å². The van der Waals surface area contributed by atoms with Crippen molar-refractivity contribution in [3.8, 4) is 0 Å². The highest BCUT2D eigenvalue weighted by molar-refractivity contribution is 5.87. The van der Waals surface area contributed by atoms with Crippen LogP contribution in [0, 0.1) is 6.92 Å². The first kappa shape index (κ1) is 15.7. The monoisotopic (exact) mass is 299 g/mol. The number of benzene rings is 2. The first-order valence-corrected chi connectivity index (χ1v) is 6.82. The second-order valence-electron chi connectivity index (χ2n) is 5.06. The predicted octanol–water partition coefficient (Wildman–Crippen LogP) is 2.61. The van der Waals surface area contributed by atoms with E-state index in [0.717, 1.165) is 11.1 Å². The topological polar surface area (TPSA) is 86.6 Å². The lowest BCUT2D eigenvalue weighted by Crippen LogP contribution is -2.28. The summed E-state index contributed by atoms with van der Waals surface area (Å²) >= 11 is 0. The van der Waals surface area contributed by atoms with Gasteiger partial charge in [0.2, 0.25) is 0 Å². The van der Waals surface area contributed by atoms with Crippen LogP contribution in [0.2, 0.25) is 0 Å². The number of hydrogen-bond donors (Lipinski definition) is 3. The molecule has 2 aromatic carbocycles. The number of rotatable bonds is 6. The Labute approximate surface area is 128 Å². The molecule has 0 aliphatic heterocycles. The molecular formula is C17H17NO4. The summed E-state index contributed by atoms with van der Waals surface area (Å²) in [7, 11) is 0. The van der Waals surface area contributed by atoms with Crippen LogP contribution in [-0.2, 0) is 11.3 Å². The number of hydrogen-bond acceptors (Lipinski definition) is 3. The molecule has 1 atom stereocenters. The Morgan fingerprint density at radius 3 is 2.09 bits per heavy atom. The van der Waals surface area contributed by atoms with Gasteiger partial charge < -0.3 is 10.2 Å². The third kappa shape index (κ3) is 3.93. The summed E-state index contributed by atoms with van der Waals surface area (Å²) < 4.78 is 0. The average Bonchev–Trinajstić information content (AvgIpc) is 2.49. The Balaban J connectivity index is 2.07. The third-order valence-corrected chi connectivity index (χ3v) is 3.37. The smallest absolute Gasteiger partial charge is 0.335 e. The van der Waals surface area contributed by atoms with Crippen molar-refractivity contribution in [3.05, 3.63) is 70.8 Å². The number of aliphatic carboxylic acids is 1. The summed E-state index contributed by atoms with van der Waals surface area (Å²) in [6.45, 7) is 2.28. The van der Waals surface area contributed by atoms with Gasteiger partial charge in [-0.15, -0.1) is 0 Å². The molecule has 0 aromatic heterocycles. The van der Waals surface area contributed by atoms with E-state index in [1.54, 1.807) is 24.3 Å². The van der Waals surface area contributed by atoms with Gasteiger partial charge in [0.05, 0.1) is 5.56 Å². The van der Waals surface area contributed by atoms with E-state index in [0.29, 0.717) is 12.1 Å². The molecule has 0 saturated heterocycles. The highest BCUT2D eigenvalue weighted by Gasteiger charge is 2.18. The Bertz CT molecular complexity index is 662. The van der Waals surface area contributed by atoms with E-state index < -0.39 is 18.0 Å². The van der Waals surface area contributed by atoms with Crippen molar-refractivity contribution in [1.82, 2.24) is 5.32 Å². The lowest BCUT2D eigenvalue weighted by Gasteiger charge is -2.15. The van der Waals surface area contributed by atoms with E-state index in [1.165, 1.54) is 12.1 Å². The summed E-state index contributed by atoms with van der Waals surface area (Å²) in [6.07, 6.45) is 0. The molecule has 0 fully saturated rings. The third-order valence-electron chi connectivity index (χ3n) is 3.37. The molecule has 0 saturated carbocycles. The molecule has 0 heterocycles. The summed E-state index contributed by atoms with van der Waals surface area (Å²) in [5.41, 5.74) is 2.78. The predicted molar refractivity (Wildman–Crippen MR) is 81.8 cm³/mol. The van der Waals surface area contributed by atoms with E-state index in [2.05, 4.69) is 5.32 Å². The number of carboxylic acids is 2. The maximum atomic E-state index is 11.4. The van der Waals surface area contributed by atoms with Gasteiger partial charge in [-0.3, -0.25) is 10.1 Å². The average molecular weight is 299 g/mol. The molecule has 0 bridgehead atoms. The summed E-state index contributed by atoms with van der Waals surface area (Å²) in [5.74, 6) is -1.94. The fourth-order valence-electron chi connectivity index (χ4n) is 2.09. The van der Waals surface area contributed by atoms with Gasteiger partial charge in [-0.25, -0.2) is 4.79 Å². The molecule has 0 spiro atoms. The highest BCUT2D eigenvalue weighted by Crippen LogP contribution is 2.15. The van der Waals surface area contributed by atoms with Crippen LogP contribution in [0.1, 0.15) is 33.1 Å². The van der Waals surface area contributed by atoms with Gasteiger partial charge in [-0.1, -0.05) is 42.0 Å². The molecule has 3 N–H and O–H groups in total. The molecule has 1 unspecified atom stereocenters. The molecule has 0 radical (unpaired) electrons. The van der Waals surface area contributed by atoms with E-state index in [-0.39, 0.29) is 5.56 Å². The van der Waals surface area contributed by atoms with E-state index in [9.17, 15) is 14.7 Å². The van der Waals surface area contributed by atoms with Crippen LogP contribution in [0.4, 0.5) is 0 Å². The Morgan fingerprint density at radius 1 is 1.00 bits per heavy atom. The second-order valence-corrected chi connectivity index (χ2v) is 5.06. The van der Waals surface area contributed by atoms with Gasteiger partial charge in [0, 0.05) is 6.54 Å². The zero-order valence-corrected chi connectivity index (χ0v) is 12.1. The van der Waals surface area contributed by atoms with Crippen molar-refractivity contribution in [2.45, 2.75) is 19.5 Å². The zero-order chi connectivity index (χ0) is 16.1. The quantitative estimate of drug-likeness (QED) is 0.763. The van der Waals surface area contributed by atoms with Gasteiger partial charge >= 0.3 is 11.9 Å². The van der Waals surface area contributed by atoms with Crippen molar-refractivity contribution in [3.63, 3.8) is 0 Å². The molecule has 0 aliphatic carbocycles. The largest absolute Gasteiger partial charge is 0.480 e. The molecule has 114 valence electrons. The van der Waals surface area contributed by atoms with Crippen LogP contribution < -0.4 is 5.32 Å². The van der Waals surface area contributed by atoms with Crippen molar-refractivity contribution < 1.29 is 19.8 Å². The molecule has 2 aromatic rings. The minimum Gasteiger partial charge on any atom is -0.480 e. The number of carbonyl (C=O) groups is 2. The minimum atomic E-state index is -0.984. The van der Waals surface area contributed by atoms with Crippen molar-refractivity contribution >= 4 is 11.9 Å². The molecule has 22 heavy (non-hydrogen) atoms. The van der Waals surface area contributed by atoms with Gasteiger partial charge in [-0.05, 0) is 30.2 Å². The minimum absolute atomic E-state index is 0.206. The van der Waals surface area contributed by atoms with E-state index in [4.69, 9.17) is 5.11 Å². The first-order chi connectivity index (χ1) is 10.5. The van der Waals surface area contributed by atoms with Crippen LogP contribution in [0.5, 0.6) is 0 Å². The van der Waals surface area contributed by atoms with Crippen LogP contribution >= 0.6 is 0 Å². The number of nitrogens with one attached hydrogen (secondary N) is 1. The standard InChI is InChI=1S/C17H17NO4/c1-11-2-6-13(7-3-11)15(17(21)22)18-10-12-4-8-14(9-5-12)16(19)20/h2-9,15,18H,10H2,1H3,(H,19,20)(H,21,22). The summed E-state index contributed by atoms with van der Waals surface area (Å²) in [6, 6.07) is 12.9. The lowest BCUT2D eigenvalue weighted by molar-refractivity contribution is -0.139. The SMILES string of the molecule is Cc1ccc(C(NCc2ccc(C(=O)O)cc2)C(=O)O)cc1. The zero-order valence-electron chi connectivity index (χ0n) is 12.1. The van der Waals surface area contributed by atoms with Crippen LogP contribution in [-0.4, -0.2) is 22.2 Å². The van der Waals surface area contributed by atoms with Gasteiger partial charge in [0.25, 0.3) is 0 Å². The molecule has 5 heteroatoms. The Kier molecular flexibility index (Phi) is 4.91. The van der Waals surface area contributed by atoms with Gasteiger partial charge in [-0.2, -0.15) is 0 Å². The molecule has 5 nitrogen and oxygen atoms in total.